The second-order valence-corrected chi connectivity index (χ2v) is 6.45. The third-order valence-corrected chi connectivity index (χ3v) is 4.42. The molecular formula is C14H9Br2N3. The molecule has 19 heavy (non-hydrogen) atoms. The van der Waals surface area contributed by atoms with Crippen molar-refractivity contribution in [1.29, 1.82) is 0 Å². The van der Waals surface area contributed by atoms with Crippen molar-refractivity contribution >= 4 is 59.6 Å². The molecular weight excluding hydrogens is 370 g/mol. The molecule has 3 heterocycles. The van der Waals surface area contributed by atoms with E-state index in [0.717, 1.165) is 36.7 Å². The summed E-state index contributed by atoms with van der Waals surface area (Å²) in [6.45, 7) is 2.08. The highest BCUT2D eigenvalue weighted by molar-refractivity contribution is 9.11. The van der Waals surface area contributed by atoms with E-state index in [1.807, 2.05) is 6.07 Å². The Bertz CT molecular complexity index is 950. The van der Waals surface area contributed by atoms with Crippen molar-refractivity contribution in [2.75, 3.05) is 0 Å². The highest BCUT2D eigenvalue weighted by atomic mass is 79.9. The summed E-state index contributed by atoms with van der Waals surface area (Å²) >= 11 is 7.12. The predicted molar refractivity (Wildman–Crippen MR) is 84.7 cm³/mol. The number of H-pyrrole nitrogens is 1. The smallest absolute Gasteiger partial charge is 0.143 e. The molecule has 0 aliphatic carbocycles. The van der Waals surface area contributed by atoms with Crippen LogP contribution in [0.15, 0.2) is 39.4 Å². The molecule has 3 aromatic heterocycles. The number of imidazole rings is 1. The summed E-state index contributed by atoms with van der Waals surface area (Å²) in [5, 5.41) is 1.12. The van der Waals surface area contributed by atoms with Crippen LogP contribution < -0.4 is 0 Å². The Morgan fingerprint density at radius 3 is 2.89 bits per heavy atom. The molecule has 0 amide bonds. The fraction of sp³-hybridized carbons (Fsp3) is 0.0714. The molecule has 94 valence electrons. The van der Waals surface area contributed by atoms with Gasteiger partial charge in [-0.15, -0.1) is 0 Å². The summed E-state index contributed by atoms with van der Waals surface area (Å²) in [7, 11) is 0. The third-order valence-electron chi connectivity index (χ3n) is 3.34. The average molecular weight is 379 g/mol. The lowest BCUT2D eigenvalue weighted by molar-refractivity contribution is 1.18. The normalized spacial score (nSPS) is 11.9. The molecule has 3 nitrogen and oxygen atoms in total. The SMILES string of the molecule is Cc1ccn2c(c1)nc1c3cc(Br)cc(Br)c3[nH]c12. The Kier molecular flexibility index (Phi) is 2.32. The van der Waals surface area contributed by atoms with E-state index in [2.05, 4.69) is 72.6 Å². The predicted octanol–water partition coefficient (Wildman–Crippen LogP) is 4.80. The number of rotatable bonds is 0. The zero-order chi connectivity index (χ0) is 13.1. The number of hydrogen-bond donors (Lipinski definition) is 1. The number of pyridine rings is 1. The number of fused-ring (bicyclic) bond motifs is 5. The van der Waals surface area contributed by atoms with Crippen LogP contribution in [0, 0.1) is 6.92 Å². The van der Waals surface area contributed by atoms with E-state index in [4.69, 9.17) is 4.98 Å². The Morgan fingerprint density at radius 1 is 1.21 bits per heavy atom. The van der Waals surface area contributed by atoms with E-state index in [-0.39, 0.29) is 0 Å². The van der Waals surface area contributed by atoms with Gasteiger partial charge in [0.15, 0.2) is 0 Å². The first-order chi connectivity index (χ1) is 9.13. The van der Waals surface area contributed by atoms with Gasteiger partial charge in [0.25, 0.3) is 0 Å². The summed E-state index contributed by atoms with van der Waals surface area (Å²) in [4.78, 5) is 8.19. The summed E-state index contributed by atoms with van der Waals surface area (Å²) in [6.07, 6.45) is 2.05. The standard InChI is InChI=1S/C14H9Br2N3/c1-7-2-3-19-11(4-7)17-13-9-5-8(15)6-10(16)12(9)18-14(13)19/h2-6,18H,1H3. The molecule has 0 bridgehead atoms. The van der Waals surface area contributed by atoms with Crippen LogP contribution in [0.2, 0.25) is 0 Å². The zero-order valence-electron chi connectivity index (χ0n) is 10.0. The van der Waals surface area contributed by atoms with Gasteiger partial charge in [-0.2, -0.15) is 0 Å². The van der Waals surface area contributed by atoms with Crippen molar-refractivity contribution in [2.45, 2.75) is 6.92 Å². The second-order valence-electron chi connectivity index (χ2n) is 4.68. The van der Waals surface area contributed by atoms with Crippen LogP contribution in [0.25, 0.3) is 27.7 Å². The maximum absolute atomic E-state index is 4.74. The average Bonchev–Trinajstić information content (AvgIpc) is 2.85. The summed E-state index contributed by atoms with van der Waals surface area (Å²) in [5.41, 5.74) is 5.30. The molecule has 0 spiro atoms. The van der Waals surface area contributed by atoms with E-state index in [1.165, 1.54) is 5.56 Å². The maximum Gasteiger partial charge on any atom is 0.143 e. The quantitative estimate of drug-likeness (QED) is 0.468. The van der Waals surface area contributed by atoms with Gasteiger partial charge in [0.05, 0.1) is 5.52 Å². The minimum atomic E-state index is 0.972. The highest BCUT2D eigenvalue weighted by Crippen LogP contribution is 2.33. The molecule has 1 N–H and O–H groups in total. The molecule has 4 rings (SSSR count). The van der Waals surface area contributed by atoms with Crippen molar-refractivity contribution in [3.8, 4) is 0 Å². The molecule has 0 atom stereocenters. The second kappa shape index (κ2) is 3.84. The summed E-state index contributed by atoms with van der Waals surface area (Å²) < 4.78 is 4.17. The Labute approximate surface area is 125 Å². The minimum absolute atomic E-state index is 0.972. The molecule has 5 heteroatoms. The van der Waals surface area contributed by atoms with Crippen LogP contribution in [0.4, 0.5) is 0 Å². The van der Waals surface area contributed by atoms with Crippen molar-refractivity contribution in [3.05, 3.63) is 45.0 Å². The first-order valence-corrected chi connectivity index (χ1v) is 7.47. The lowest BCUT2D eigenvalue weighted by Crippen LogP contribution is -1.85. The van der Waals surface area contributed by atoms with Crippen molar-refractivity contribution in [3.63, 3.8) is 0 Å². The topological polar surface area (TPSA) is 33.1 Å². The van der Waals surface area contributed by atoms with Gasteiger partial charge in [0, 0.05) is 20.5 Å². The maximum atomic E-state index is 4.74. The van der Waals surface area contributed by atoms with E-state index in [1.54, 1.807) is 0 Å². The van der Waals surface area contributed by atoms with Gasteiger partial charge < -0.3 is 4.98 Å². The van der Waals surface area contributed by atoms with E-state index >= 15 is 0 Å². The molecule has 0 unspecified atom stereocenters. The molecule has 0 aliphatic heterocycles. The number of aromatic nitrogens is 3. The van der Waals surface area contributed by atoms with Crippen molar-refractivity contribution < 1.29 is 0 Å². The minimum Gasteiger partial charge on any atom is -0.338 e. The number of aromatic amines is 1. The van der Waals surface area contributed by atoms with E-state index < -0.39 is 0 Å². The molecule has 1 aromatic carbocycles. The number of nitrogens with one attached hydrogen (secondary N) is 1. The number of hydrogen-bond acceptors (Lipinski definition) is 1. The van der Waals surface area contributed by atoms with Crippen LogP contribution in [-0.2, 0) is 0 Å². The van der Waals surface area contributed by atoms with Gasteiger partial charge in [-0.3, -0.25) is 4.40 Å². The zero-order valence-corrected chi connectivity index (χ0v) is 13.2. The van der Waals surface area contributed by atoms with Crippen LogP contribution in [0.3, 0.4) is 0 Å². The number of halogens is 2. The van der Waals surface area contributed by atoms with Crippen molar-refractivity contribution in [2.24, 2.45) is 0 Å². The molecule has 0 aliphatic rings. The van der Waals surface area contributed by atoms with Gasteiger partial charge in [-0.05, 0) is 52.7 Å². The monoisotopic (exact) mass is 377 g/mol. The number of aryl methyl sites for hydroxylation is 1. The van der Waals surface area contributed by atoms with Crippen LogP contribution in [0.1, 0.15) is 5.56 Å². The molecule has 4 aromatic rings. The summed E-state index contributed by atoms with van der Waals surface area (Å²) in [5.74, 6) is 0. The Balaban J connectivity index is 2.26. The first kappa shape index (κ1) is 11.5. The molecule has 0 fully saturated rings. The van der Waals surface area contributed by atoms with Crippen molar-refractivity contribution in [1.82, 2.24) is 14.4 Å². The van der Waals surface area contributed by atoms with Gasteiger partial charge in [0.2, 0.25) is 0 Å². The summed E-state index contributed by atoms with van der Waals surface area (Å²) in [6, 6.07) is 8.31. The molecule has 0 saturated heterocycles. The van der Waals surface area contributed by atoms with Gasteiger partial charge in [-0.1, -0.05) is 15.9 Å². The fourth-order valence-corrected chi connectivity index (χ4v) is 3.78. The van der Waals surface area contributed by atoms with Crippen LogP contribution >= 0.6 is 31.9 Å². The molecule has 0 radical (unpaired) electrons. The lowest BCUT2D eigenvalue weighted by atomic mass is 10.2. The van der Waals surface area contributed by atoms with Gasteiger partial charge >= 0.3 is 0 Å². The van der Waals surface area contributed by atoms with E-state index in [9.17, 15) is 0 Å². The highest BCUT2D eigenvalue weighted by Gasteiger charge is 2.13. The number of nitrogens with zero attached hydrogens (tertiary/aromatic N) is 2. The van der Waals surface area contributed by atoms with Crippen LogP contribution in [0.5, 0.6) is 0 Å². The molecule has 0 saturated carbocycles. The lowest BCUT2D eigenvalue weighted by Gasteiger charge is -1.97. The van der Waals surface area contributed by atoms with Crippen LogP contribution in [-0.4, -0.2) is 14.4 Å². The van der Waals surface area contributed by atoms with E-state index in [0.29, 0.717) is 0 Å². The third kappa shape index (κ3) is 1.58. The van der Waals surface area contributed by atoms with Gasteiger partial charge in [-0.25, -0.2) is 4.98 Å². The Hall–Kier alpha value is -1.33. The van der Waals surface area contributed by atoms with Gasteiger partial charge in [0.1, 0.15) is 16.8 Å². The largest absolute Gasteiger partial charge is 0.338 e. The number of benzene rings is 1. The first-order valence-electron chi connectivity index (χ1n) is 5.88. The Morgan fingerprint density at radius 2 is 2.05 bits per heavy atom. The fourth-order valence-electron chi connectivity index (χ4n) is 2.46.